The molecule has 2 amide bonds. The number of halogens is 1. The van der Waals surface area contributed by atoms with Gasteiger partial charge in [-0.1, -0.05) is 31.4 Å². The molecule has 33 heavy (non-hydrogen) atoms. The standard InChI is InChI=1S/C24H40N6O2.HI/c1-19(2)28-23(31)29-21-9-7-20(8-10-21)17-26-22(25-3)27-18-24(11-5-4-6-12-24)30-13-15-32-16-14-30;/h7-10,19H,4-6,11-18H2,1-3H3,(H2,25,26,27)(H2,28,29,31);1H. The van der Waals surface area contributed by atoms with Crippen LogP contribution >= 0.6 is 24.0 Å². The molecule has 0 spiro atoms. The maximum atomic E-state index is 11.8. The summed E-state index contributed by atoms with van der Waals surface area (Å²) >= 11 is 0. The Kier molecular flexibility index (Phi) is 11.7. The number of carbonyl (C=O) groups excluding carboxylic acids is 1. The second-order valence-electron chi connectivity index (χ2n) is 9.11. The molecular formula is C24H41IN6O2. The minimum atomic E-state index is -0.188. The zero-order chi connectivity index (χ0) is 22.8. The Bertz CT molecular complexity index is 744. The molecule has 4 N–H and O–H groups in total. The maximum Gasteiger partial charge on any atom is 0.319 e. The first-order valence-electron chi connectivity index (χ1n) is 11.9. The number of hydrogen-bond acceptors (Lipinski definition) is 4. The summed E-state index contributed by atoms with van der Waals surface area (Å²) in [6, 6.07) is 7.79. The van der Waals surface area contributed by atoms with Crippen LogP contribution in [0.25, 0.3) is 0 Å². The van der Waals surface area contributed by atoms with Gasteiger partial charge in [-0.15, -0.1) is 24.0 Å². The number of anilines is 1. The zero-order valence-corrected chi connectivity index (χ0v) is 22.6. The van der Waals surface area contributed by atoms with Crippen molar-refractivity contribution in [2.75, 3.05) is 45.2 Å². The molecule has 0 unspecified atom stereocenters. The smallest absolute Gasteiger partial charge is 0.319 e. The van der Waals surface area contributed by atoms with Crippen molar-refractivity contribution in [3.63, 3.8) is 0 Å². The summed E-state index contributed by atoms with van der Waals surface area (Å²) in [5.74, 6) is 0.821. The summed E-state index contributed by atoms with van der Waals surface area (Å²) in [6.45, 7) is 9.14. The van der Waals surface area contributed by atoms with Gasteiger partial charge in [-0.25, -0.2) is 4.79 Å². The average molecular weight is 573 g/mol. The van der Waals surface area contributed by atoms with E-state index in [9.17, 15) is 4.79 Å². The molecule has 2 fully saturated rings. The van der Waals surface area contributed by atoms with Crippen LogP contribution in [-0.4, -0.2) is 68.4 Å². The van der Waals surface area contributed by atoms with Crippen LogP contribution < -0.4 is 21.3 Å². The Labute approximate surface area is 215 Å². The molecule has 2 aliphatic rings. The van der Waals surface area contributed by atoms with E-state index in [1.54, 1.807) is 0 Å². The van der Waals surface area contributed by atoms with Gasteiger partial charge in [0.15, 0.2) is 5.96 Å². The van der Waals surface area contributed by atoms with Crippen molar-refractivity contribution in [2.45, 2.75) is 64.1 Å². The minimum absolute atomic E-state index is 0. The summed E-state index contributed by atoms with van der Waals surface area (Å²) in [4.78, 5) is 18.9. The van der Waals surface area contributed by atoms with Crippen molar-refractivity contribution in [3.05, 3.63) is 29.8 Å². The summed E-state index contributed by atoms with van der Waals surface area (Å²) in [5, 5.41) is 12.7. The van der Waals surface area contributed by atoms with Gasteiger partial charge in [-0.2, -0.15) is 0 Å². The van der Waals surface area contributed by atoms with Crippen molar-refractivity contribution >= 4 is 41.7 Å². The number of urea groups is 1. The fraction of sp³-hybridized carbons (Fsp3) is 0.667. The fourth-order valence-electron chi connectivity index (χ4n) is 4.64. The van der Waals surface area contributed by atoms with E-state index >= 15 is 0 Å². The van der Waals surface area contributed by atoms with Crippen LogP contribution in [0.4, 0.5) is 10.5 Å². The first kappa shape index (κ1) is 27.7. The van der Waals surface area contributed by atoms with Gasteiger partial charge in [0.2, 0.25) is 0 Å². The number of rotatable bonds is 7. The molecule has 0 radical (unpaired) electrons. The number of hydrogen-bond donors (Lipinski definition) is 4. The Hall–Kier alpha value is -1.59. The Morgan fingerprint density at radius 1 is 1.09 bits per heavy atom. The maximum absolute atomic E-state index is 11.8. The molecular weight excluding hydrogens is 531 g/mol. The molecule has 0 atom stereocenters. The topological polar surface area (TPSA) is 90.0 Å². The molecule has 1 saturated heterocycles. The number of nitrogens with zero attached hydrogens (tertiary/aromatic N) is 2. The van der Waals surface area contributed by atoms with Crippen LogP contribution in [-0.2, 0) is 11.3 Å². The third-order valence-electron chi connectivity index (χ3n) is 6.37. The van der Waals surface area contributed by atoms with Crippen LogP contribution in [0.15, 0.2) is 29.3 Å². The largest absolute Gasteiger partial charge is 0.379 e. The van der Waals surface area contributed by atoms with E-state index in [0.29, 0.717) is 6.54 Å². The first-order valence-corrected chi connectivity index (χ1v) is 11.9. The lowest BCUT2D eigenvalue weighted by atomic mass is 9.80. The number of amides is 2. The highest BCUT2D eigenvalue weighted by atomic mass is 127. The zero-order valence-electron chi connectivity index (χ0n) is 20.3. The molecule has 1 aromatic rings. The Balaban J connectivity index is 0.00000385. The fourth-order valence-corrected chi connectivity index (χ4v) is 4.64. The van der Waals surface area contributed by atoms with Crippen molar-refractivity contribution in [1.82, 2.24) is 20.9 Å². The highest BCUT2D eigenvalue weighted by Crippen LogP contribution is 2.33. The highest BCUT2D eigenvalue weighted by Gasteiger charge is 2.38. The summed E-state index contributed by atoms with van der Waals surface area (Å²) in [6.07, 6.45) is 6.38. The van der Waals surface area contributed by atoms with Crippen molar-refractivity contribution < 1.29 is 9.53 Å². The third-order valence-corrected chi connectivity index (χ3v) is 6.37. The van der Waals surface area contributed by atoms with E-state index in [4.69, 9.17) is 4.74 Å². The number of ether oxygens (including phenoxy) is 1. The van der Waals surface area contributed by atoms with Gasteiger partial charge in [-0.3, -0.25) is 9.89 Å². The quantitative estimate of drug-likeness (QED) is 0.228. The predicted molar refractivity (Wildman–Crippen MR) is 146 cm³/mol. The molecule has 3 rings (SSSR count). The molecule has 1 aliphatic carbocycles. The molecule has 0 bridgehead atoms. The van der Waals surface area contributed by atoms with E-state index in [1.807, 2.05) is 45.2 Å². The number of guanidine groups is 1. The second kappa shape index (κ2) is 14.0. The van der Waals surface area contributed by atoms with Crippen LogP contribution in [0.2, 0.25) is 0 Å². The number of benzene rings is 1. The third kappa shape index (κ3) is 8.60. The van der Waals surface area contributed by atoms with Gasteiger partial charge < -0.3 is 26.0 Å². The van der Waals surface area contributed by atoms with Crippen LogP contribution in [0, 0.1) is 0 Å². The van der Waals surface area contributed by atoms with E-state index in [0.717, 1.165) is 50.1 Å². The first-order chi connectivity index (χ1) is 15.5. The second-order valence-corrected chi connectivity index (χ2v) is 9.11. The lowest BCUT2D eigenvalue weighted by molar-refractivity contribution is -0.0352. The molecule has 1 saturated carbocycles. The normalized spacial score (nSPS) is 18.8. The molecule has 1 heterocycles. The monoisotopic (exact) mass is 572 g/mol. The minimum Gasteiger partial charge on any atom is -0.379 e. The molecule has 186 valence electrons. The number of morpholine rings is 1. The van der Waals surface area contributed by atoms with E-state index in [2.05, 4.69) is 31.2 Å². The van der Waals surface area contributed by atoms with Gasteiger partial charge >= 0.3 is 6.03 Å². The molecule has 1 aliphatic heterocycles. The molecule has 0 aromatic heterocycles. The van der Waals surface area contributed by atoms with Crippen LogP contribution in [0.3, 0.4) is 0 Å². The van der Waals surface area contributed by atoms with Crippen molar-refractivity contribution in [2.24, 2.45) is 4.99 Å². The van der Waals surface area contributed by atoms with Crippen LogP contribution in [0.1, 0.15) is 51.5 Å². The average Bonchev–Trinajstić information content (AvgIpc) is 2.81. The van der Waals surface area contributed by atoms with Crippen molar-refractivity contribution in [1.29, 1.82) is 0 Å². The van der Waals surface area contributed by atoms with Gasteiger partial charge in [-0.05, 0) is 44.4 Å². The number of nitrogens with one attached hydrogen (secondary N) is 4. The molecule has 9 heteroatoms. The Morgan fingerprint density at radius 2 is 1.76 bits per heavy atom. The van der Waals surface area contributed by atoms with Gasteiger partial charge in [0.1, 0.15) is 0 Å². The Morgan fingerprint density at radius 3 is 2.36 bits per heavy atom. The number of carbonyl (C=O) groups is 1. The van der Waals surface area contributed by atoms with E-state index in [1.165, 1.54) is 32.1 Å². The van der Waals surface area contributed by atoms with Crippen molar-refractivity contribution in [3.8, 4) is 0 Å². The predicted octanol–water partition coefficient (Wildman–Crippen LogP) is 3.53. The van der Waals surface area contributed by atoms with Gasteiger partial charge in [0, 0.05) is 50.5 Å². The van der Waals surface area contributed by atoms with E-state index < -0.39 is 0 Å². The van der Waals surface area contributed by atoms with E-state index in [-0.39, 0.29) is 41.6 Å². The summed E-state index contributed by atoms with van der Waals surface area (Å²) < 4.78 is 5.59. The van der Waals surface area contributed by atoms with Gasteiger partial charge in [0.25, 0.3) is 0 Å². The summed E-state index contributed by atoms with van der Waals surface area (Å²) in [7, 11) is 1.82. The lowest BCUT2D eigenvalue weighted by Crippen LogP contribution is -2.60. The number of aliphatic imine (C=N–C) groups is 1. The molecule has 8 nitrogen and oxygen atoms in total. The van der Waals surface area contributed by atoms with Crippen LogP contribution in [0.5, 0.6) is 0 Å². The van der Waals surface area contributed by atoms with Gasteiger partial charge in [0.05, 0.1) is 13.2 Å². The highest BCUT2D eigenvalue weighted by molar-refractivity contribution is 14.0. The lowest BCUT2D eigenvalue weighted by Gasteiger charge is -2.48. The SMILES string of the molecule is CN=C(NCc1ccc(NC(=O)NC(C)C)cc1)NCC1(N2CCOCC2)CCCCC1.I. The molecule has 1 aromatic carbocycles. The summed E-state index contributed by atoms with van der Waals surface area (Å²) in [5.41, 5.74) is 2.10.